The van der Waals surface area contributed by atoms with Gasteiger partial charge in [0.15, 0.2) is 5.17 Å². The van der Waals surface area contributed by atoms with Gasteiger partial charge in [0.2, 0.25) is 5.91 Å². The molecule has 0 aromatic carbocycles. The van der Waals surface area contributed by atoms with E-state index in [-0.39, 0.29) is 5.91 Å². The fourth-order valence-electron chi connectivity index (χ4n) is 3.03. The summed E-state index contributed by atoms with van der Waals surface area (Å²) in [4.78, 5) is 28.9. The number of aliphatic carboxylic acids is 1. The van der Waals surface area contributed by atoms with E-state index in [1.165, 1.54) is 19.3 Å². The second-order valence-corrected chi connectivity index (χ2v) is 7.38. The highest BCUT2D eigenvalue weighted by Gasteiger charge is 2.27. The standard InChI is InChI=1S/C18H29N3O3S/c22-16(13-15-14-25-18-20-11-12-21(15)18)19-10-8-6-4-2-1-3-5-7-9-17(23)24/h14H,1-13H2,(H,19,22)(H,23,24). The number of amides is 1. The lowest BCUT2D eigenvalue weighted by Crippen LogP contribution is -2.29. The molecule has 0 atom stereocenters. The van der Waals surface area contributed by atoms with Crippen molar-refractivity contribution in [1.82, 2.24) is 10.2 Å². The van der Waals surface area contributed by atoms with Crippen LogP contribution in [-0.4, -0.2) is 46.7 Å². The first-order valence-corrected chi connectivity index (χ1v) is 10.2. The topological polar surface area (TPSA) is 82.0 Å². The maximum atomic E-state index is 12.0. The molecule has 0 aliphatic carbocycles. The summed E-state index contributed by atoms with van der Waals surface area (Å²) in [6, 6.07) is 0. The predicted octanol–water partition coefficient (Wildman–Crippen LogP) is 3.35. The largest absolute Gasteiger partial charge is 0.481 e. The number of aliphatic imine (C=N–C) groups is 1. The lowest BCUT2D eigenvalue weighted by atomic mass is 10.1. The van der Waals surface area contributed by atoms with Crippen LogP contribution in [0.4, 0.5) is 0 Å². The number of carboxylic acids is 1. The molecule has 2 N–H and O–H groups in total. The molecule has 1 amide bonds. The Kier molecular flexibility index (Phi) is 8.86. The third-order valence-corrected chi connectivity index (χ3v) is 5.38. The fourth-order valence-corrected chi connectivity index (χ4v) is 3.99. The van der Waals surface area contributed by atoms with Gasteiger partial charge in [0.25, 0.3) is 0 Å². The number of thioether (sulfide) groups is 1. The molecule has 0 spiro atoms. The number of nitrogens with one attached hydrogen (secondary N) is 1. The SMILES string of the molecule is O=C(O)CCCCCCCCCCNC(=O)CC1=CSC2=NCCN12. The first kappa shape index (κ1) is 19.8. The first-order chi connectivity index (χ1) is 12.2. The van der Waals surface area contributed by atoms with Gasteiger partial charge in [-0.2, -0.15) is 0 Å². The smallest absolute Gasteiger partial charge is 0.303 e. The number of rotatable bonds is 13. The van der Waals surface area contributed by atoms with Crippen molar-refractivity contribution in [1.29, 1.82) is 0 Å². The average molecular weight is 368 g/mol. The van der Waals surface area contributed by atoms with Crippen LogP contribution in [0.3, 0.4) is 0 Å². The van der Waals surface area contributed by atoms with Crippen molar-refractivity contribution in [2.24, 2.45) is 4.99 Å². The van der Waals surface area contributed by atoms with E-state index in [0.29, 0.717) is 12.8 Å². The molecule has 0 fully saturated rings. The number of hydrogen-bond acceptors (Lipinski definition) is 5. The average Bonchev–Trinajstić information content (AvgIpc) is 3.17. The molecule has 25 heavy (non-hydrogen) atoms. The molecule has 0 bridgehead atoms. The Labute approximate surface area is 154 Å². The normalized spacial score (nSPS) is 15.8. The number of nitrogens with zero attached hydrogens (tertiary/aromatic N) is 2. The summed E-state index contributed by atoms with van der Waals surface area (Å²) in [6.45, 7) is 2.48. The molecule has 0 saturated heterocycles. The number of carboxylic acid groups (broad SMARTS) is 1. The minimum atomic E-state index is -0.695. The second-order valence-electron chi connectivity index (χ2n) is 6.54. The van der Waals surface area contributed by atoms with Crippen LogP contribution in [0.2, 0.25) is 0 Å². The molecule has 6 nitrogen and oxygen atoms in total. The molecule has 7 heteroatoms. The quantitative estimate of drug-likeness (QED) is 0.488. The number of carbonyl (C=O) groups excluding carboxylic acids is 1. The van der Waals surface area contributed by atoms with Crippen LogP contribution in [0.5, 0.6) is 0 Å². The van der Waals surface area contributed by atoms with Gasteiger partial charge >= 0.3 is 5.97 Å². The Morgan fingerprint density at radius 1 is 1.12 bits per heavy atom. The molecular formula is C18H29N3O3S. The van der Waals surface area contributed by atoms with Crippen molar-refractivity contribution in [3.05, 3.63) is 11.1 Å². The molecule has 2 aliphatic rings. The van der Waals surface area contributed by atoms with Crippen LogP contribution in [-0.2, 0) is 9.59 Å². The molecule has 0 saturated carbocycles. The molecule has 0 radical (unpaired) electrons. The van der Waals surface area contributed by atoms with Crippen LogP contribution in [0, 0.1) is 0 Å². The van der Waals surface area contributed by atoms with Gasteiger partial charge in [-0.05, 0) is 18.2 Å². The Bertz CT molecular complexity index is 520. The summed E-state index contributed by atoms with van der Waals surface area (Å²) < 4.78 is 0. The van der Waals surface area contributed by atoms with E-state index < -0.39 is 5.97 Å². The van der Waals surface area contributed by atoms with Gasteiger partial charge < -0.3 is 15.3 Å². The van der Waals surface area contributed by atoms with E-state index in [1.807, 2.05) is 5.41 Å². The van der Waals surface area contributed by atoms with E-state index in [0.717, 1.165) is 62.6 Å². The number of amidine groups is 1. The third kappa shape index (κ3) is 7.50. The Morgan fingerprint density at radius 3 is 2.52 bits per heavy atom. The van der Waals surface area contributed by atoms with Crippen molar-refractivity contribution in [3.8, 4) is 0 Å². The van der Waals surface area contributed by atoms with Crippen LogP contribution >= 0.6 is 11.8 Å². The lowest BCUT2D eigenvalue weighted by molar-refractivity contribution is -0.137. The molecule has 0 aromatic heterocycles. The summed E-state index contributed by atoms with van der Waals surface area (Å²) in [6.07, 6.45) is 9.39. The molecular weight excluding hydrogens is 338 g/mol. The van der Waals surface area contributed by atoms with Gasteiger partial charge in [0.05, 0.1) is 13.0 Å². The Morgan fingerprint density at radius 2 is 1.80 bits per heavy atom. The van der Waals surface area contributed by atoms with Crippen molar-refractivity contribution >= 4 is 28.8 Å². The number of unbranched alkanes of at least 4 members (excludes halogenated alkanes) is 7. The zero-order chi connectivity index (χ0) is 17.9. The van der Waals surface area contributed by atoms with Crippen molar-refractivity contribution in [2.45, 2.75) is 64.2 Å². The summed E-state index contributed by atoms with van der Waals surface area (Å²) >= 11 is 1.61. The highest BCUT2D eigenvalue weighted by Crippen LogP contribution is 2.30. The minimum Gasteiger partial charge on any atom is -0.481 e. The van der Waals surface area contributed by atoms with Gasteiger partial charge in [-0.1, -0.05) is 50.3 Å². The summed E-state index contributed by atoms with van der Waals surface area (Å²) in [5, 5.41) is 14.6. The van der Waals surface area contributed by atoms with Crippen LogP contribution in [0.25, 0.3) is 0 Å². The maximum Gasteiger partial charge on any atom is 0.303 e. The van der Waals surface area contributed by atoms with Crippen molar-refractivity contribution in [3.63, 3.8) is 0 Å². The lowest BCUT2D eigenvalue weighted by Gasteiger charge is -2.16. The maximum absolute atomic E-state index is 12.0. The third-order valence-electron chi connectivity index (χ3n) is 4.43. The van der Waals surface area contributed by atoms with E-state index in [9.17, 15) is 9.59 Å². The van der Waals surface area contributed by atoms with E-state index >= 15 is 0 Å². The Balaban J connectivity index is 1.39. The molecule has 2 rings (SSSR count). The molecule has 0 aromatic rings. The van der Waals surface area contributed by atoms with E-state index in [4.69, 9.17) is 5.11 Å². The second kappa shape index (κ2) is 11.2. The molecule has 2 heterocycles. The van der Waals surface area contributed by atoms with Crippen LogP contribution < -0.4 is 5.32 Å². The van der Waals surface area contributed by atoms with Crippen LogP contribution in [0.15, 0.2) is 16.1 Å². The van der Waals surface area contributed by atoms with Crippen LogP contribution in [0.1, 0.15) is 64.2 Å². The summed E-state index contributed by atoms with van der Waals surface area (Å²) in [7, 11) is 0. The van der Waals surface area contributed by atoms with Gasteiger partial charge in [-0.25, -0.2) is 0 Å². The highest BCUT2D eigenvalue weighted by atomic mass is 32.2. The van der Waals surface area contributed by atoms with Gasteiger partial charge in [-0.15, -0.1) is 0 Å². The Hall–Kier alpha value is -1.50. The first-order valence-electron chi connectivity index (χ1n) is 9.33. The highest BCUT2D eigenvalue weighted by molar-refractivity contribution is 8.16. The molecule has 140 valence electrons. The van der Waals surface area contributed by atoms with Crippen molar-refractivity contribution in [2.75, 3.05) is 19.6 Å². The molecule has 2 aliphatic heterocycles. The predicted molar refractivity (Wildman–Crippen MR) is 101 cm³/mol. The van der Waals surface area contributed by atoms with Gasteiger partial charge in [0.1, 0.15) is 0 Å². The summed E-state index contributed by atoms with van der Waals surface area (Å²) in [5.41, 5.74) is 1.07. The van der Waals surface area contributed by atoms with E-state index in [2.05, 4.69) is 15.2 Å². The zero-order valence-electron chi connectivity index (χ0n) is 14.8. The number of fused-ring (bicyclic) bond motifs is 1. The summed E-state index contributed by atoms with van der Waals surface area (Å²) in [5.74, 6) is -0.600. The minimum absolute atomic E-state index is 0.0958. The number of hydrogen-bond donors (Lipinski definition) is 2. The van der Waals surface area contributed by atoms with Gasteiger partial charge in [0, 0.05) is 25.2 Å². The number of carbonyl (C=O) groups is 2. The van der Waals surface area contributed by atoms with E-state index in [1.54, 1.807) is 11.8 Å². The fraction of sp³-hybridized carbons (Fsp3) is 0.722. The monoisotopic (exact) mass is 367 g/mol. The van der Waals surface area contributed by atoms with Gasteiger partial charge in [-0.3, -0.25) is 14.6 Å². The zero-order valence-corrected chi connectivity index (χ0v) is 15.7. The molecule has 0 unspecified atom stereocenters. The van der Waals surface area contributed by atoms with Crippen molar-refractivity contribution < 1.29 is 14.7 Å².